The molecule has 0 bridgehead atoms. The van der Waals surface area contributed by atoms with Gasteiger partial charge in [-0.15, -0.1) is 0 Å². The zero-order valence-electron chi connectivity index (χ0n) is 8.49. The van der Waals surface area contributed by atoms with Crippen molar-refractivity contribution in [3.8, 4) is 5.75 Å². The molecule has 0 saturated heterocycles. The highest BCUT2D eigenvalue weighted by atomic mass is 19.3. The topological polar surface area (TPSA) is 29.5 Å². The average Bonchev–Trinajstić information content (AvgIpc) is 2.26. The Morgan fingerprint density at radius 1 is 1.27 bits per heavy atom. The summed E-state index contributed by atoms with van der Waals surface area (Å²) in [6.45, 7) is 2.58. The summed E-state index contributed by atoms with van der Waals surface area (Å²) >= 11 is 0. The average molecular weight is 216 g/mol. The monoisotopic (exact) mass is 216 g/mol. The van der Waals surface area contributed by atoms with E-state index >= 15 is 0 Å². The number of rotatable bonds is 5. The third-order valence-electron chi connectivity index (χ3n) is 1.93. The van der Waals surface area contributed by atoms with Crippen LogP contribution < -0.4 is 4.74 Å². The van der Waals surface area contributed by atoms with E-state index in [2.05, 4.69) is 0 Å². The molecule has 84 valence electrons. The molecule has 2 nitrogen and oxygen atoms in total. The van der Waals surface area contributed by atoms with E-state index in [4.69, 9.17) is 9.84 Å². The van der Waals surface area contributed by atoms with Gasteiger partial charge in [-0.25, -0.2) is 8.78 Å². The van der Waals surface area contributed by atoms with E-state index < -0.39 is 12.5 Å². The first-order valence-corrected chi connectivity index (χ1v) is 4.84. The fourth-order valence-electron chi connectivity index (χ4n) is 1.13. The molecule has 0 aliphatic rings. The van der Waals surface area contributed by atoms with E-state index in [9.17, 15) is 8.78 Å². The molecule has 0 saturated carbocycles. The highest BCUT2D eigenvalue weighted by Crippen LogP contribution is 2.22. The number of hydrogen-bond donors (Lipinski definition) is 1. The van der Waals surface area contributed by atoms with Gasteiger partial charge in [0.25, 0.3) is 6.43 Å². The van der Waals surface area contributed by atoms with Crippen LogP contribution in [0.4, 0.5) is 8.78 Å². The fraction of sp³-hybridized carbons (Fsp3) is 0.455. The lowest BCUT2D eigenvalue weighted by atomic mass is 10.1. The lowest BCUT2D eigenvalue weighted by Crippen LogP contribution is -2.07. The van der Waals surface area contributed by atoms with E-state index in [1.54, 1.807) is 12.1 Å². The minimum Gasteiger partial charge on any atom is -0.494 e. The lowest BCUT2D eigenvalue weighted by molar-refractivity contribution is -0.00580. The Kier molecular flexibility index (Phi) is 4.49. The summed E-state index contributed by atoms with van der Waals surface area (Å²) < 4.78 is 29.6. The van der Waals surface area contributed by atoms with Crippen molar-refractivity contribution in [3.05, 3.63) is 29.8 Å². The SMILES string of the molecule is CCCOc1ccc(C(O)C(F)F)cc1. The second-order valence-electron chi connectivity index (χ2n) is 3.20. The molecule has 15 heavy (non-hydrogen) atoms. The van der Waals surface area contributed by atoms with E-state index in [1.165, 1.54) is 12.1 Å². The lowest BCUT2D eigenvalue weighted by Gasteiger charge is -2.10. The van der Waals surface area contributed by atoms with Crippen molar-refractivity contribution in [1.82, 2.24) is 0 Å². The van der Waals surface area contributed by atoms with Crippen molar-refractivity contribution in [1.29, 1.82) is 0 Å². The van der Waals surface area contributed by atoms with E-state index in [1.807, 2.05) is 6.92 Å². The number of aliphatic hydroxyl groups is 1. The summed E-state index contributed by atoms with van der Waals surface area (Å²) in [5.41, 5.74) is 0.203. The van der Waals surface area contributed by atoms with Crippen molar-refractivity contribution in [2.75, 3.05) is 6.61 Å². The maximum absolute atomic E-state index is 12.1. The Morgan fingerprint density at radius 2 is 1.87 bits per heavy atom. The van der Waals surface area contributed by atoms with Gasteiger partial charge in [0.1, 0.15) is 11.9 Å². The molecule has 0 heterocycles. The predicted octanol–water partition coefficient (Wildman–Crippen LogP) is 2.77. The van der Waals surface area contributed by atoms with Crippen molar-refractivity contribution >= 4 is 0 Å². The number of hydrogen-bond acceptors (Lipinski definition) is 2. The van der Waals surface area contributed by atoms with Crippen LogP contribution in [0.15, 0.2) is 24.3 Å². The molecule has 1 atom stereocenters. The van der Waals surface area contributed by atoms with Crippen LogP contribution in [0, 0.1) is 0 Å². The van der Waals surface area contributed by atoms with Gasteiger partial charge in [-0.2, -0.15) is 0 Å². The Bertz CT molecular complexity index is 285. The highest BCUT2D eigenvalue weighted by Gasteiger charge is 2.18. The third-order valence-corrected chi connectivity index (χ3v) is 1.93. The smallest absolute Gasteiger partial charge is 0.268 e. The molecule has 1 aromatic carbocycles. The number of benzene rings is 1. The van der Waals surface area contributed by atoms with Gasteiger partial charge in [0, 0.05) is 0 Å². The van der Waals surface area contributed by atoms with Gasteiger partial charge in [-0.1, -0.05) is 19.1 Å². The Balaban J connectivity index is 2.63. The number of ether oxygens (including phenoxy) is 1. The van der Waals surface area contributed by atoms with E-state index in [0.717, 1.165) is 6.42 Å². The molecular weight excluding hydrogens is 202 g/mol. The van der Waals surface area contributed by atoms with Gasteiger partial charge in [0.2, 0.25) is 0 Å². The summed E-state index contributed by atoms with van der Waals surface area (Å²) in [4.78, 5) is 0. The van der Waals surface area contributed by atoms with Gasteiger partial charge in [0.15, 0.2) is 0 Å². The van der Waals surface area contributed by atoms with E-state index in [-0.39, 0.29) is 5.56 Å². The minimum atomic E-state index is -2.76. The summed E-state index contributed by atoms with van der Waals surface area (Å²) in [6, 6.07) is 6.05. The van der Waals surface area contributed by atoms with E-state index in [0.29, 0.717) is 12.4 Å². The molecule has 0 aromatic heterocycles. The minimum absolute atomic E-state index is 0.203. The van der Waals surface area contributed by atoms with Crippen molar-refractivity contribution < 1.29 is 18.6 Å². The van der Waals surface area contributed by atoms with Crippen LogP contribution in [-0.4, -0.2) is 18.1 Å². The van der Waals surface area contributed by atoms with Gasteiger partial charge in [0.05, 0.1) is 6.61 Å². The second-order valence-corrected chi connectivity index (χ2v) is 3.20. The third kappa shape index (κ3) is 3.47. The fourth-order valence-corrected chi connectivity index (χ4v) is 1.13. The second kappa shape index (κ2) is 5.66. The van der Waals surface area contributed by atoms with Crippen molar-refractivity contribution in [2.45, 2.75) is 25.9 Å². The zero-order valence-corrected chi connectivity index (χ0v) is 8.49. The number of aliphatic hydroxyl groups excluding tert-OH is 1. The van der Waals surface area contributed by atoms with Gasteiger partial charge in [-0.3, -0.25) is 0 Å². The van der Waals surface area contributed by atoms with Crippen LogP contribution in [0.5, 0.6) is 5.75 Å². The molecule has 1 unspecified atom stereocenters. The molecule has 4 heteroatoms. The molecule has 0 radical (unpaired) electrons. The zero-order chi connectivity index (χ0) is 11.3. The summed E-state index contributed by atoms with van der Waals surface area (Å²) in [5.74, 6) is 0.627. The summed E-state index contributed by atoms with van der Waals surface area (Å²) in [5, 5.41) is 9.07. The maximum Gasteiger partial charge on any atom is 0.268 e. The molecule has 0 aliphatic carbocycles. The molecular formula is C11H14F2O2. The summed E-state index contributed by atoms with van der Waals surface area (Å²) in [6.07, 6.45) is -3.58. The van der Waals surface area contributed by atoms with Crippen LogP contribution in [-0.2, 0) is 0 Å². The normalized spacial score (nSPS) is 12.9. The molecule has 0 fully saturated rings. The molecule has 0 amide bonds. The number of halogens is 2. The van der Waals surface area contributed by atoms with Crippen LogP contribution in [0.1, 0.15) is 25.0 Å². The van der Waals surface area contributed by atoms with Crippen LogP contribution in [0.25, 0.3) is 0 Å². The van der Waals surface area contributed by atoms with Crippen molar-refractivity contribution in [2.24, 2.45) is 0 Å². The van der Waals surface area contributed by atoms with Gasteiger partial charge >= 0.3 is 0 Å². The van der Waals surface area contributed by atoms with Gasteiger partial charge in [-0.05, 0) is 24.1 Å². The van der Waals surface area contributed by atoms with Crippen LogP contribution in [0.3, 0.4) is 0 Å². The van der Waals surface area contributed by atoms with Crippen molar-refractivity contribution in [3.63, 3.8) is 0 Å². The Morgan fingerprint density at radius 3 is 2.33 bits per heavy atom. The largest absolute Gasteiger partial charge is 0.494 e. The Hall–Kier alpha value is -1.16. The first-order chi connectivity index (χ1) is 7.15. The van der Waals surface area contributed by atoms with Crippen LogP contribution >= 0.6 is 0 Å². The standard InChI is InChI=1S/C11H14F2O2/c1-2-7-15-9-5-3-8(4-6-9)10(14)11(12)13/h3-6,10-11,14H,2,7H2,1H3. The maximum atomic E-state index is 12.1. The number of alkyl halides is 2. The Labute approximate surface area is 87.5 Å². The first-order valence-electron chi connectivity index (χ1n) is 4.84. The molecule has 0 spiro atoms. The molecule has 0 aliphatic heterocycles. The quantitative estimate of drug-likeness (QED) is 0.820. The highest BCUT2D eigenvalue weighted by molar-refractivity contribution is 5.28. The molecule has 1 N–H and O–H groups in total. The van der Waals surface area contributed by atoms with Crippen LogP contribution in [0.2, 0.25) is 0 Å². The predicted molar refractivity (Wildman–Crippen MR) is 53.2 cm³/mol. The summed E-state index contributed by atoms with van der Waals surface area (Å²) in [7, 11) is 0. The van der Waals surface area contributed by atoms with Gasteiger partial charge < -0.3 is 9.84 Å². The molecule has 1 rings (SSSR count). The first kappa shape index (κ1) is 11.9. The molecule has 1 aromatic rings.